The molecule has 1 fully saturated rings. The molecule has 0 aliphatic heterocycles. The largest absolute Gasteiger partial charge is 0.391 e. The van der Waals surface area contributed by atoms with Crippen LogP contribution in [0.4, 0.5) is 0 Å². The minimum Gasteiger partial charge on any atom is -0.391 e. The lowest BCUT2D eigenvalue weighted by Gasteiger charge is -2.28. The second-order valence-corrected chi connectivity index (χ2v) is 6.11. The average Bonchev–Trinajstić information content (AvgIpc) is 2.40. The number of amides is 1. The van der Waals surface area contributed by atoms with Gasteiger partial charge in [0.1, 0.15) is 0 Å². The molecule has 20 heavy (non-hydrogen) atoms. The van der Waals surface area contributed by atoms with Crippen molar-refractivity contribution in [2.75, 3.05) is 0 Å². The van der Waals surface area contributed by atoms with E-state index >= 15 is 0 Å². The van der Waals surface area contributed by atoms with Gasteiger partial charge in [-0.25, -0.2) is 0 Å². The number of benzene rings is 1. The molecule has 1 amide bonds. The fraction of sp³-hybridized carbons (Fsp3) is 0.533. The van der Waals surface area contributed by atoms with Gasteiger partial charge in [-0.1, -0.05) is 42.1 Å². The summed E-state index contributed by atoms with van der Waals surface area (Å²) >= 11 is 11.9. The first-order chi connectivity index (χ1) is 9.56. The minimum absolute atomic E-state index is 0.0398. The third kappa shape index (κ3) is 4.37. The Kier molecular flexibility index (Phi) is 5.70. The van der Waals surface area contributed by atoms with Gasteiger partial charge < -0.3 is 10.4 Å². The number of halogens is 2. The first-order valence-electron chi connectivity index (χ1n) is 6.97. The van der Waals surface area contributed by atoms with Gasteiger partial charge in [0.25, 0.3) is 0 Å². The van der Waals surface area contributed by atoms with Crippen molar-refractivity contribution in [3.8, 4) is 0 Å². The quantitative estimate of drug-likeness (QED) is 0.895. The van der Waals surface area contributed by atoms with E-state index < -0.39 is 6.10 Å². The van der Waals surface area contributed by atoms with Crippen molar-refractivity contribution in [1.29, 1.82) is 0 Å². The van der Waals surface area contributed by atoms with Gasteiger partial charge in [0.05, 0.1) is 12.1 Å². The van der Waals surface area contributed by atoms with Crippen LogP contribution in [0.25, 0.3) is 0 Å². The van der Waals surface area contributed by atoms with E-state index in [0.717, 1.165) is 31.2 Å². The molecule has 1 aromatic carbocycles. The van der Waals surface area contributed by atoms with Crippen molar-refractivity contribution < 1.29 is 9.90 Å². The van der Waals surface area contributed by atoms with Crippen LogP contribution in [0.15, 0.2) is 18.2 Å². The summed E-state index contributed by atoms with van der Waals surface area (Å²) in [6.07, 6.45) is 4.25. The monoisotopic (exact) mass is 315 g/mol. The van der Waals surface area contributed by atoms with Crippen LogP contribution >= 0.6 is 23.2 Å². The third-order valence-electron chi connectivity index (χ3n) is 3.71. The smallest absolute Gasteiger partial charge is 0.220 e. The molecule has 5 heteroatoms. The first-order valence-corrected chi connectivity index (χ1v) is 7.73. The molecule has 0 saturated heterocycles. The molecule has 0 bridgehead atoms. The summed E-state index contributed by atoms with van der Waals surface area (Å²) in [5, 5.41) is 13.9. The number of aliphatic hydroxyl groups excluding tert-OH is 1. The fourth-order valence-corrected chi connectivity index (χ4v) is 3.03. The number of nitrogens with one attached hydrogen (secondary N) is 1. The molecule has 0 heterocycles. The molecule has 1 aromatic rings. The molecule has 2 atom stereocenters. The van der Waals surface area contributed by atoms with Gasteiger partial charge in [0.2, 0.25) is 5.91 Å². The Bertz CT molecular complexity index is 479. The Morgan fingerprint density at radius 1 is 1.30 bits per heavy atom. The Morgan fingerprint density at radius 2 is 2.05 bits per heavy atom. The maximum Gasteiger partial charge on any atom is 0.220 e. The molecule has 1 aliphatic carbocycles. The number of carbonyl (C=O) groups excluding carboxylic acids is 1. The predicted octanol–water partition coefficient (Wildman–Crippen LogP) is 3.35. The minimum atomic E-state index is -0.410. The standard InChI is InChI=1S/C15H19Cl2NO2/c16-11-7-5-10(12(17)9-11)6-8-15(20)18-13-3-1-2-4-14(13)19/h5,7,9,13-14,19H,1-4,6,8H2,(H,18,20)/t13-,14-/m0/s1. The Labute approximate surface area is 129 Å². The summed E-state index contributed by atoms with van der Waals surface area (Å²) in [6, 6.07) is 5.19. The molecule has 0 unspecified atom stereocenters. The molecular formula is C15H19Cl2NO2. The molecule has 0 radical (unpaired) electrons. The highest BCUT2D eigenvalue weighted by Crippen LogP contribution is 2.22. The van der Waals surface area contributed by atoms with E-state index in [9.17, 15) is 9.90 Å². The molecule has 0 spiro atoms. The summed E-state index contributed by atoms with van der Waals surface area (Å²) in [7, 11) is 0. The highest BCUT2D eigenvalue weighted by molar-refractivity contribution is 6.35. The molecule has 110 valence electrons. The molecular weight excluding hydrogens is 297 g/mol. The normalized spacial score (nSPS) is 22.6. The maximum absolute atomic E-state index is 11.9. The number of rotatable bonds is 4. The topological polar surface area (TPSA) is 49.3 Å². The van der Waals surface area contributed by atoms with Gasteiger partial charge in [-0.3, -0.25) is 4.79 Å². The fourth-order valence-electron chi connectivity index (χ4n) is 2.53. The lowest BCUT2D eigenvalue weighted by Crippen LogP contribution is -2.45. The van der Waals surface area contributed by atoms with Gasteiger partial charge in [0, 0.05) is 16.5 Å². The highest BCUT2D eigenvalue weighted by Gasteiger charge is 2.24. The van der Waals surface area contributed by atoms with E-state index in [1.807, 2.05) is 6.07 Å². The SMILES string of the molecule is O=C(CCc1ccc(Cl)cc1Cl)N[C@H]1CCCC[C@@H]1O. The van der Waals surface area contributed by atoms with Gasteiger partial charge in [-0.2, -0.15) is 0 Å². The maximum atomic E-state index is 11.9. The van der Waals surface area contributed by atoms with Gasteiger partial charge in [-0.05, 0) is 37.0 Å². The summed E-state index contributed by atoms with van der Waals surface area (Å²) in [5.41, 5.74) is 0.912. The second kappa shape index (κ2) is 7.30. The van der Waals surface area contributed by atoms with Crippen LogP contribution in [0.1, 0.15) is 37.7 Å². The van der Waals surface area contributed by atoms with Crippen LogP contribution < -0.4 is 5.32 Å². The van der Waals surface area contributed by atoms with Crippen LogP contribution in [0, 0.1) is 0 Å². The van der Waals surface area contributed by atoms with Crippen LogP contribution in [-0.2, 0) is 11.2 Å². The number of hydrogen-bond donors (Lipinski definition) is 2. The van der Waals surface area contributed by atoms with E-state index in [0.29, 0.717) is 22.9 Å². The van der Waals surface area contributed by atoms with E-state index in [4.69, 9.17) is 23.2 Å². The van der Waals surface area contributed by atoms with Gasteiger partial charge in [0.15, 0.2) is 0 Å². The summed E-state index contributed by atoms with van der Waals surface area (Å²) in [6.45, 7) is 0. The van der Waals surface area contributed by atoms with Crippen LogP contribution in [0.5, 0.6) is 0 Å². The average molecular weight is 316 g/mol. The number of hydrogen-bond acceptors (Lipinski definition) is 2. The zero-order valence-electron chi connectivity index (χ0n) is 11.2. The van der Waals surface area contributed by atoms with Crippen molar-refractivity contribution in [3.05, 3.63) is 33.8 Å². The predicted molar refractivity (Wildman–Crippen MR) is 81.2 cm³/mol. The Balaban J connectivity index is 1.82. The molecule has 0 aromatic heterocycles. The first kappa shape index (κ1) is 15.6. The van der Waals surface area contributed by atoms with E-state index in [-0.39, 0.29) is 11.9 Å². The van der Waals surface area contributed by atoms with Crippen molar-refractivity contribution >= 4 is 29.1 Å². The Morgan fingerprint density at radius 3 is 2.75 bits per heavy atom. The lowest BCUT2D eigenvalue weighted by molar-refractivity contribution is -0.123. The van der Waals surface area contributed by atoms with Crippen molar-refractivity contribution in [2.24, 2.45) is 0 Å². The number of carbonyl (C=O) groups is 1. The molecule has 2 N–H and O–H groups in total. The van der Waals surface area contributed by atoms with Crippen LogP contribution in [-0.4, -0.2) is 23.2 Å². The van der Waals surface area contributed by atoms with Crippen molar-refractivity contribution in [1.82, 2.24) is 5.32 Å². The lowest BCUT2D eigenvalue weighted by atomic mass is 9.92. The second-order valence-electron chi connectivity index (χ2n) is 5.26. The highest BCUT2D eigenvalue weighted by atomic mass is 35.5. The van der Waals surface area contributed by atoms with Gasteiger partial charge in [-0.15, -0.1) is 0 Å². The molecule has 1 aliphatic rings. The van der Waals surface area contributed by atoms with Crippen LogP contribution in [0.3, 0.4) is 0 Å². The molecule has 1 saturated carbocycles. The number of aliphatic hydroxyl groups is 1. The van der Waals surface area contributed by atoms with Crippen LogP contribution in [0.2, 0.25) is 10.0 Å². The Hall–Kier alpha value is -0.770. The zero-order valence-corrected chi connectivity index (χ0v) is 12.8. The summed E-state index contributed by atoms with van der Waals surface area (Å²) < 4.78 is 0. The van der Waals surface area contributed by atoms with E-state index in [2.05, 4.69) is 5.32 Å². The molecule has 3 nitrogen and oxygen atoms in total. The third-order valence-corrected chi connectivity index (χ3v) is 4.30. The van der Waals surface area contributed by atoms with Gasteiger partial charge >= 0.3 is 0 Å². The zero-order chi connectivity index (χ0) is 14.5. The van der Waals surface area contributed by atoms with E-state index in [1.54, 1.807) is 12.1 Å². The molecule has 2 rings (SSSR count). The summed E-state index contributed by atoms with van der Waals surface area (Å²) in [4.78, 5) is 11.9. The van der Waals surface area contributed by atoms with Crippen molar-refractivity contribution in [2.45, 2.75) is 50.7 Å². The summed E-state index contributed by atoms with van der Waals surface area (Å²) in [5.74, 6) is -0.0398. The number of aryl methyl sites for hydroxylation is 1. The van der Waals surface area contributed by atoms with E-state index in [1.165, 1.54) is 0 Å². The van der Waals surface area contributed by atoms with Crippen molar-refractivity contribution in [3.63, 3.8) is 0 Å².